The second-order valence-corrected chi connectivity index (χ2v) is 8.87. The molecule has 2 aliphatic rings. The Morgan fingerprint density at radius 3 is 2.52 bits per heavy atom. The molecule has 0 aromatic heterocycles. The molecule has 0 unspecified atom stereocenters. The Labute approximate surface area is 169 Å². The lowest BCUT2D eigenvalue weighted by molar-refractivity contribution is -0.318. The number of hydrogen-bond acceptors (Lipinski definition) is 3. The Bertz CT molecular complexity index is 776. The van der Waals surface area contributed by atoms with E-state index in [1.54, 1.807) is 0 Å². The predicted molar refractivity (Wildman–Crippen MR) is 105 cm³/mol. The van der Waals surface area contributed by atoms with E-state index in [1.807, 2.05) is 51.1 Å². The van der Waals surface area contributed by atoms with Gasteiger partial charge in [-0.3, -0.25) is 4.79 Å². The van der Waals surface area contributed by atoms with Crippen LogP contribution in [0.1, 0.15) is 58.4 Å². The van der Waals surface area contributed by atoms with Crippen molar-refractivity contribution in [3.8, 4) is 0 Å². The molecule has 0 saturated heterocycles. The Morgan fingerprint density at radius 2 is 1.93 bits per heavy atom. The fraction of sp³-hybridized carbons (Fsp3) is 0.636. The van der Waals surface area contributed by atoms with Crippen LogP contribution in [0, 0.1) is 17.3 Å². The van der Waals surface area contributed by atoms with Gasteiger partial charge in [-0.15, -0.1) is 0 Å². The van der Waals surface area contributed by atoms with E-state index in [0.717, 1.165) is 18.4 Å². The quantitative estimate of drug-likeness (QED) is 0.749. The van der Waals surface area contributed by atoms with Crippen molar-refractivity contribution >= 4 is 11.6 Å². The summed E-state index contributed by atoms with van der Waals surface area (Å²) < 4.78 is 42.2. The van der Waals surface area contributed by atoms with Gasteiger partial charge >= 0.3 is 6.18 Å². The number of halogens is 3. The highest BCUT2D eigenvalue weighted by atomic mass is 19.4. The molecular formula is C22H29F3N2O2. The second kappa shape index (κ2) is 7.74. The first-order chi connectivity index (χ1) is 13.5. The van der Waals surface area contributed by atoms with Crippen molar-refractivity contribution in [2.24, 2.45) is 22.4 Å². The van der Waals surface area contributed by atoms with E-state index in [9.17, 15) is 23.1 Å². The van der Waals surface area contributed by atoms with Gasteiger partial charge in [0.25, 0.3) is 5.72 Å². The molecule has 1 aromatic carbocycles. The number of alkyl halides is 3. The van der Waals surface area contributed by atoms with Crippen molar-refractivity contribution in [2.75, 3.05) is 0 Å². The molecular weight excluding hydrogens is 381 g/mol. The molecule has 4 nitrogen and oxygen atoms in total. The van der Waals surface area contributed by atoms with Crippen molar-refractivity contribution < 1.29 is 23.1 Å². The van der Waals surface area contributed by atoms with Crippen molar-refractivity contribution in [3.05, 3.63) is 35.9 Å². The van der Waals surface area contributed by atoms with Crippen LogP contribution in [0.4, 0.5) is 13.2 Å². The van der Waals surface area contributed by atoms with Crippen molar-refractivity contribution in [3.63, 3.8) is 0 Å². The van der Waals surface area contributed by atoms with Gasteiger partial charge in [-0.1, -0.05) is 57.5 Å². The van der Waals surface area contributed by atoms with E-state index in [1.165, 1.54) is 0 Å². The average Bonchev–Trinajstić information content (AvgIpc) is 3.00. The van der Waals surface area contributed by atoms with Gasteiger partial charge in [0.2, 0.25) is 5.91 Å². The monoisotopic (exact) mass is 410 g/mol. The number of carbonyl (C=O) groups is 1. The lowest BCUT2D eigenvalue weighted by Crippen LogP contribution is -2.62. The molecule has 160 valence electrons. The van der Waals surface area contributed by atoms with Crippen LogP contribution >= 0.6 is 0 Å². The van der Waals surface area contributed by atoms with Gasteiger partial charge in [0.05, 0.1) is 5.92 Å². The van der Waals surface area contributed by atoms with Crippen LogP contribution in [-0.2, 0) is 11.2 Å². The lowest BCUT2D eigenvalue weighted by Gasteiger charge is -2.43. The summed E-state index contributed by atoms with van der Waals surface area (Å²) in [6, 6.07) is 9.09. The summed E-state index contributed by atoms with van der Waals surface area (Å²) in [7, 11) is 0. The molecule has 3 atom stereocenters. The first-order valence-electron chi connectivity index (χ1n) is 10.2. The molecule has 7 heteroatoms. The Morgan fingerprint density at radius 1 is 1.28 bits per heavy atom. The zero-order valence-corrected chi connectivity index (χ0v) is 17.2. The van der Waals surface area contributed by atoms with Crippen LogP contribution in [0.15, 0.2) is 35.4 Å². The second-order valence-electron chi connectivity index (χ2n) is 8.87. The summed E-state index contributed by atoms with van der Waals surface area (Å²) in [4.78, 5) is 12.7. The van der Waals surface area contributed by atoms with Crippen LogP contribution in [0.3, 0.4) is 0 Å². The Balaban J connectivity index is 1.84. The summed E-state index contributed by atoms with van der Waals surface area (Å²) >= 11 is 0. The summed E-state index contributed by atoms with van der Waals surface area (Å²) in [6.45, 7) is 6.11. The topological polar surface area (TPSA) is 52.9 Å². The Kier molecular flexibility index (Phi) is 5.82. The minimum atomic E-state index is -4.98. The first kappa shape index (κ1) is 21.8. The SMILES string of the molecule is CCC(C)(C)[C@@H]1CCC2=NN(C(=O)CCc3ccccc3)[C@@](O)(C(F)(F)F)[C@H]2C1. The van der Waals surface area contributed by atoms with Gasteiger partial charge in [-0.25, -0.2) is 0 Å². The lowest BCUT2D eigenvalue weighted by atomic mass is 9.64. The van der Waals surface area contributed by atoms with Crippen LogP contribution < -0.4 is 0 Å². The van der Waals surface area contributed by atoms with E-state index in [0.29, 0.717) is 23.6 Å². The molecule has 1 fully saturated rings. The highest BCUT2D eigenvalue weighted by Gasteiger charge is 2.69. The maximum Gasteiger partial charge on any atom is 0.439 e. The molecule has 1 aromatic rings. The number of benzene rings is 1. The first-order valence-corrected chi connectivity index (χ1v) is 10.2. The predicted octanol–water partition coefficient (Wildman–Crippen LogP) is 4.92. The third-order valence-corrected chi connectivity index (χ3v) is 6.85. The minimum Gasteiger partial charge on any atom is -0.362 e. The van der Waals surface area contributed by atoms with Gasteiger partial charge in [0, 0.05) is 12.1 Å². The number of aryl methyl sites for hydroxylation is 1. The number of fused-ring (bicyclic) bond motifs is 1. The number of hydrogen-bond donors (Lipinski definition) is 1. The van der Waals surface area contributed by atoms with Gasteiger partial charge in [0.15, 0.2) is 0 Å². The highest BCUT2D eigenvalue weighted by Crippen LogP contribution is 2.52. The van der Waals surface area contributed by atoms with Crippen LogP contribution in [0.5, 0.6) is 0 Å². The number of hydrazone groups is 1. The standard InChI is InChI=1S/C22H29F3N2O2/c1-4-20(2,3)16-11-12-18-17(14-16)21(29,22(23,24)25)27(26-18)19(28)13-10-15-8-6-5-7-9-15/h5-9,16-17,29H,4,10-14H2,1-3H3/t16-,17+,21+/m1/s1. The van der Waals surface area contributed by atoms with Gasteiger partial charge < -0.3 is 5.11 Å². The molecule has 3 rings (SSSR count). The molecule has 1 aliphatic heterocycles. The minimum absolute atomic E-state index is 0.0321. The molecule has 0 radical (unpaired) electrons. The summed E-state index contributed by atoms with van der Waals surface area (Å²) in [5.41, 5.74) is -2.26. The third kappa shape index (κ3) is 3.93. The molecule has 1 saturated carbocycles. The molecule has 0 spiro atoms. The fourth-order valence-electron chi connectivity index (χ4n) is 4.47. The molecule has 1 N–H and O–H groups in total. The highest BCUT2D eigenvalue weighted by molar-refractivity contribution is 5.93. The molecule has 29 heavy (non-hydrogen) atoms. The van der Waals surface area contributed by atoms with E-state index >= 15 is 0 Å². The van der Waals surface area contributed by atoms with E-state index in [2.05, 4.69) is 5.10 Å². The van der Waals surface area contributed by atoms with Crippen molar-refractivity contribution in [1.29, 1.82) is 0 Å². The largest absolute Gasteiger partial charge is 0.439 e. The van der Waals surface area contributed by atoms with Gasteiger partial charge in [-0.2, -0.15) is 23.3 Å². The number of nitrogens with zero attached hydrogens (tertiary/aromatic N) is 2. The average molecular weight is 410 g/mol. The zero-order chi connectivity index (χ0) is 21.4. The summed E-state index contributed by atoms with van der Waals surface area (Å²) in [6.07, 6.45) is -2.72. The maximum atomic E-state index is 14.1. The maximum absolute atomic E-state index is 14.1. The summed E-state index contributed by atoms with van der Waals surface area (Å²) in [5, 5.41) is 15.2. The number of carbonyl (C=O) groups excluding carboxylic acids is 1. The number of amides is 1. The molecule has 0 bridgehead atoms. The van der Waals surface area contributed by atoms with Crippen molar-refractivity contribution in [2.45, 2.75) is 71.2 Å². The molecule has 1 amide bonds. The molecule has 1 heterocycles. The van der Waals surface area contributed by atoms with Crippen LogP contribution in [0.25, 0.3) is 0 Å². The van der Waals surface area contributed by atoms with Crippen molar-refractivity contribution in [1.82, 2.24) is 5.01 Å². The van der Waals surface area contributed by atoms with Crippen LogP contribution in [-0.4, -0.2) is 33.6 Å². The zero-order valence-electron chi connectivity index (χ0n) is 17.2. The van der Waals surface area contributed by atoms with E-state index in [4.69, 9.17) is 0 Å². The van der Waals surface area contributed by atoms with Gasteiger partial charge in [0.1, 0.15) is 0 Å². The Hall–Kier alpha value is -1.89. The number of rotatable bonds is 5. The van der Waals surface area contributed by atoms with E-state index < -0.39 is 23.7 Å². The summed E-state index contributed by atoms with van der Waals surface area (Å²) in [5.74, 6) is -1.97. The normalized spacial score (nSPS) is 27.6. The van der Waals surface area contributed by atoms with Gasteiger partial charge in [-0.05, 0) is 42.6 Å². The number of aliphatic hydroxyl groups is 1. The fourth-order valence-corrected chi connectivity index (χ4v) is 4.47. The molecule has 1 aliphatic carbocycles. The smallest absolute Gasteiger partial charge is 0.362 e. The third-order valence-electron chi connectivity index (χ3n) is 6.85. The van der Waals surface area contributed by atoms with E-state index in [-0.39, 0.29) is 24.2 Å². The van der Waals surface area contributed by atoms with Crippen LogP contribution in [0.2, 0.25) is 0 Å².